The standard InChI is InChI=1S/C18H13Br/c1-13(17-8-4-5-9-18(17)19)15-11-10-14-6-2-3-7-16(14)12-15/h2-12H,1H2. The van der Waals surface area contributed by atoms with Gasteiger partial charge in [-0.1, -0.05) is 77.1 Å². The first-order chi connectivity index (χ1) is 9.25. The van der Waals surface area contributed by atoms with Gasteiger partial charge in [-0.3, -0.25) is 0 Å². The molecule has 0 aliphatic heterocycles. The van der Waals surface area contributed by atoms with E-state index in [1.54, 1.807) is 0 Å². The molecule has 0 aromatic heterocycles. The molecule has 0 spiro atoms. The van der Waals surface area contributed by atoms with E-state index >= 15 is 0 Å². The highest BCUT2D eigenvalue weighted by Crippen LogP contribution is 2.29. The van der Waals surface area contributed by atoms with Crippen LogP contribution >= 0.6 is 15.9 Å². The van der Waals surface area contributed by atoms with Crippen molar-refractivity contribution in [3.8, 4) is 0 Å². The van der Waals surface area contributed by atoms with Crippen molar-refractivity contribution >= 4 is 32.3 Å². The second-order valence-corrected chi connectivity index (χ2v) is 5.37. The minimum Gasteiger partial charge on any atom is -0.0905 e. The van der Waals surface area contributed by atoms with Gasteiger partial charge in [0.25, 0.3) is 0 Å². The Morgan fingerprint density at radius 2 is 1.47 bits per heavy atom. The lowest BCUT2D eigenvalue weighted by atomic mass is 9.97. The van der Waals surface area contributed by atoms with Crippen molar-refractivity contribution in [1.82, 2.24) is 0 Å². The zero-order chi connectivity index (χ0) is 13.2. The van der Waals surface area contributed by atoms with Crippen LogP contribution in [0.1, 0.15) is 11.1 Å². The molecule has 1 heteroatoms. The summed E-state index contributed by atoms with van der Waals surface area (Å²) in [7, 11) is 0. The average molecular weight is 309 g/mol. The van der Waals surface area contributed by atoms with E-state index in [2.05, 4.69) is 71.0 Å². The summed E-state index contributed by atoms with van der Waals surface area (Å²) in [4.78, 5) is 0. The summed E-state index contributed by atoms with van der Waals surface area (Å²) >= 11 is 3.58. The van der Waals surface area contributed by atoms with Gasteiger partial charge in [0, 0.05) is 4.47 Å². The molecular formula is C18H13Br. The predicted octanol–water partition coefficient (Wildman–Crippen LogP) is 5.66. The molecule has 19 heavy (non-hydrogen) atoms. The molecule has 0 saturated heterocycles. The van der Waals surface area contributed by atoms with Crippen LogP contribution < -0.4 is 0 Å². The van der Waals surface area contributed by atoms with Gasteiger partial charge in [-0.2, -0.15) is 0 Å². The second kappa shape index (κ2) is 5.02. The summed E-state index contributed by atoms with van der Waals surface area (Å²) < 4.78 is 1.08. The maximum atomic E-state index is 4.23. The lowest BCUT2D eigenvalue weighted by Gasteiger charge is -2.09. The zero-order valence-electron chi connectivity index (χ0n) is 10.4. The highest BCUT2D eigenvalue weighted by Gasteiger charge is 2.06. The summed E-state index contributed by atoms with van der Waals surface area (Å²) in [5.41, 5.74) is 3.33. The highest BCUT2D eigenvalue weighted by atomic mass is 79.9. The van der Waals surface area contributed by atoms with Crippen LogP contribution in [-0.2, 0) is 0 Å². The molecule has 0 saturated carbocycles. The first-order valence-electron chi connectivity index (χ1n) is 6.19. The molecule has 0 bridgehead atoms. The molecule has 0 aliphatic carbocycles. The third-order valence-electron chi connectivity index (χ3n) is 3.30. The largest absolute Gasteiger partial charge is 0.0905 e. The number of fused-ring (bicyclic) bond motifs is 1. The van der Waals surface area contributed by atoms with Crippen molar-refractivity contribution in [1.29, 1.82) is 0 Å². The first kappa shape index (κ1) is 12.2. The van der Waals surface area contributed by atoms with Crippen molar-refractivity contribution in [2.45, 2.75) is 0 Å². The number of benzene rings is 3. The van der Waals surface area contributed by atoms with Crippen LogP contribution in [0.2, 0.25) is 0 Å². The van der Waals surface area contributed by atoms with Crippen molar-refractivity contribution in [2.24, 2.45) is 0 Å². The molecule has 3 aromatic rings. The topological polar surface area (TPSA) is 0 Å². The van der Waals surface area contributed by atoms with Crippen LogP contribution in [0, 0.1) is 0 Å². The van der Waals surface area contributed by atoms with Crippen LogP contribution in [0.3, 0.4) is 0 Å². The van der Waals surface area contributed by atoms with E-state index in [0.717, 1.165) is 21.2 Å². The molecule has 0 fully saturated rings. The van der Waals surface area contributed by atoms with Crippen molar-refractivity contribution in [3.05, 3.63) is 88.9 Å². The fourth-order valence-electron chi connectivity index (χ4n) is 2.24. The van der Waals surface area contributed by atoms with E-state index in [1.807, 2.05) is 18.2 Å². The summed E-state index contributed by atoms with van der Waals surface area (Å²) in [6.07, 6.45) is 0. The van der Waals surface area contributed by atoms with Gasteiger partial charge in [0.05, 0.1) is 0 Å². The molecule has 0 amide bonds. The van der Waals surface area contributed by atoms with Gasteiger partial charge < -0.3 is 0 Å². The third-order valence-corrected chi connectivity index (χ3v) is 3.99. The highest BCUT2D eigenvalue weighted by molar-refractivity contribution is 9.10. The molecule has 0 unspecified atom stereocenters. The van der Waals surface area contributed by atoms with E-state index in [-0.39, 0.29) is 0 Å². The second-order valence-electron chi connectivity index (χ2n) is 4.52. The average Bonchev–Trinajstić information content (AvgIpc) is 2.46. The van der Waals surface area contributed by atoms with E-state index in [4.69, 9.17) is 0 Å². The van der Waals surface area contributed by atoms with Gasteiger partial charge in [-0.15, -0.1) is 0 Å². The Bertz CT molecular complexity index is 756. The SMILES string of the molecule is C=C(c1ccc2ccccc2c1)c1ccccc1Br. The molecule has 3 aromatic carbocycles. The lowest BCUT2D eigenvalue weighted by molar-refractivity contribution is 1.54. The Hall–Kier alpha value is -1.86. The molecule has 92 valence electrons. The van der Waals surface area contributed by atoms with Gasteiger partial charge in [-0.25, -0.2) is 0 Å². The molecule has 0 nitrogen and oxygen atoms in total. The molecule has 0 atom stereocenters. The summed E-state index contributed by atoms with van der Waals surface area (Å²) in [6.45, 7) is 4.23. The number of hydrogen-bond acceptors (Lipinski definition) is 0. The first-order valence-corrected chi connectivity index (χ1v) is 6.98. The Kier molecular flexibility index (Phi) is 3.22. The molecule has 0 radical (unpaired) electrons. The number of hydrogen-bond donors (Lipinski definition) is 0. The minimum absolute atomic E-state index is 1.04. The predicted molar refractivity (Wildman–Crippen MR) is 86.2 cm³/mol. The van der Waals surface area contributed by atoms with Crippen LogP contribution in [0.4, 0.5) is 0 Å². The summed E-state index contributed by atoms with van der Waals surface area (Å²) in [5, 5.41) is 2.50. The van der Waals surface area contributed by atoms with Gasteiger partial charge in [0.15, 0.2) is 0 Å². The Labute approximate surface area is 121 Å². The molecule has 0 aliphatic rings. The van der Waals surface area contributed by atoms with Crippen LogP contribution in [0.25, 0.3) is 16.3 Å². The molecule has 0 N–H and O–H groups in total. The van der Waals surface area contributed by atoms with Gasteiger partial charge >= 0.3 is 0 Å². The van der Waals surface area contributed by atoms with E-state index in [0.29, 0.717) is 0 Å². The molecule has 3 rings (SSSR count). The van der Waals surface area contributed by atoms with Gasteiger partial charge in [0.2, 0.25) is 0 Å². The smallest absolute Gasteiger partial charge is 0.0253 e. The lowest BCUT2D eigenvalue weighted by Crippen LogP contribution is -1.87. The number of rotatable bonds is 2. The summed E-state index contributed by atoms with van der Waals surface area (Å²) in [6, 6.07) is 23.0. The fourth-order valence-corrected chi connectivity index (χ4v) is 2.76. The third kappa shape index (κ3) is 2.34. The Morgan fingerprint density at radius 3 is 2.26 bits per heavy atom. The van der Waals surface area contributed by atoms with Crippen molar-refractivity contribution in [2.75, 3.05) is 0 Å². The van der Waals surface area contributed by atoms with Crippen molar-refractivity contribution < 1.29 is 0 Å². The Morgan fingerprint density at radius 1 is 0.789 bits per heavy atom. The van der Waals surface area contributed by atoms with Gasteiger partial charge in [-0.05, 0) is 39.6 Å². The maximum absolute atomic E-state index is 4.23. The number of halogens is 1. The molecular weight excluding hydrogens is 296 g/mol. The van der Waals surface area contributed by atoms with Gasteiger partial charge in [0.1, 0.15) is 0 Å². The normalized spacial score (nSPS) is 10.6. The van der Waals surface area contributed by atoms with E-state index < -0.39 is 0 Å². The quantitative estimate of drug-likeness (QED) is 0.572. The van der Waals surface area contributed by atoms with Crippen LogP contribution in [0.15, 0.2) is 77.8 Å². The maximum Gasteiger partial charge on any atom is 0.0253 e. The Balaban J connectivity index is 2.09. The minimum atomic E-state index is 1.04. The fraction of sp³-hybridized carbons (Fsp3) is 0. The van der Waals surface area contributed by atoms with E-state index in [9.17, 15) is 0 Å². The van der Waals surface area contributed by atoms with Crippen molar-refractivity contribution in [3.63, 3.8) is 0 Å². The van der Waals surface area contributed by atoms with Crippen LogP contribution in [-0.4, -0.2) is 0 Å². The van der Waals surface area contributed by atoms with Crippen LogP contribution in [0.5, 0.6) is 0 Å². The monoisotopic (exact) mass is 308 g/mol. The molecule has 0 heterocycles. The summed E-state index contributed by atoms with van der Waals surface area (Å²) in [5.74, 6) is 0. The van der Waals surface area contributed by atoms with E-state index in [1.165, 1.54) is 10.8 Å². The zero-order valence-corrected chi connectivity index (χ0v) is 12.0.